The van der Waals surface area contributed by atoms with Gasteiger partial charge in [-0.3, -0.25) is 0 Å². The fraction of sp³-hybridized carbons (Fsp3) is 0.234. The molecule has 2 atom stereocenters. The Balaban J connectivity index is 1.33. The maximum Gasteiger partial charge on any atom is 0.310 e. The summed E-state index contributed by atoms with van der Waals surface area (Å²) in [7, 11) is -1.64. The Morgan fingerprint density at radius 3 is 1.64 bits per heavy atom. The third-order valence-electron chi connectivity index (χ3n) is 10.9. The van der Waals surface area contributed by atoms with Gasteiger partial charge in [0.2, 0.25) is 0 Å². The lowest BCUT2D eigenvalue weighted by Gasteiger charge is -2.35. The van der Waals surface area contributed by atoms with Crippen molar-refractivity contribution < 1.29 is 8.39 Å². The zero-order valence-corrected chi connectivity index (χ0v) is 33.1. The monoisotopic (exact) mass is 795 g/mol. The Labute approximate surface area is 326 Å². The lowest BCUT2D eigenvalue weighted by molar-refractivity contribution is 0.569. The zero-order valence-electron chi connectivity index (χ0n) is 29.8. The van der Waals surface area contributed by atoms with Crippen molar-refractivity contribution in [1.82, 2.24) is 0 Å². The van der Waals surface area contributed by atoms with E-state index in [9.17, 15) is 0 Å². The molecule has 6 heteroatoms. The number of fused-ring (bicyclic) bond motifs is 7. The third kappa shape index (κ3) is 7.30. The van der Waals surface area contributed by atoms with Gasteiger partial charge < -0.3 is 8.39 Å². The first-order valence-corrected chi connectivity index (χ1v) is 21.8. The highest BCUT2D eigenvalue weighted by molar-refractivity contribution is 9.10. The van der Waals surface area contributed by atoms with Crippen LogP contribution in [-0.4, -0.2) is 0 Å². The van der Waals surface area contributed by atoms with E-state index in [-0.39, 0.29) is 11.3 Å². The highest BCUT2D eigenvalue weighted by Gasteiger charge is 2.36. The van der Waals surface area contributed by atoms with Gasteiger partial charge in [-0.1, -0.05) is 119 Å². The molecule has 0 amide bonds. The third-order valence-corrected chi connectivity index (χ3v) is 14.3. The second kappa shape index (κ2) is 15.8. The van der Waals surface area contributed by atoms with Crippen molar-refractivity contribution in [2.75, 3.05) is 4.67 Å². The minimum atomic E-state index is -1.64. The molecular weight excluding hydrogens is 753 g/mol. The van der Waals surface area contributed by atoms with Gasteiger partial charge in [0.25, 0.3) is 0 Å². The van der Waals surface area contributed by atoms with E-state index in [4.69, 9.17) is 8.39 Å². The number of benzene rings is 6. The standard InChI is InChI=1S/C47H43BrNO2PS/c48-38-26-28-39(29-27-38)53-47(37-20-8-3-9-21-37)46(36-18-6-2-7-19-36)49(32-33-14-4-1-5-15-33)52-50-42-30-24-34-16-10-12-22-40(34)44(42)45-41-23-13-11-17-35(41)25-31-43(45)51-52/h1-9,14-15,18-21,24-31,46-47H,10-13,16-17,22-23,32H2/t46-,47+/m0/s1. The Morgan fingerprint density at radius 2 is 1.08 bits per heavy atom. The average Bonchev–Trinajstić information content (AvgIpc) is 3.39. The molecule has 0 saturated heterocycles. The van der Waals surface area contributed by atoms with Crippen molar-refractivity contribution in [2.24, 2.45) is 0 Å². The van der Waals surface area contributed by atoms with E-state index >= 15 is 0 Å². The van der Waals surface area contributed by atoms with Gasteiger partial charge in [-0.25, -0.2) is 0 Å². The van der Waals surface area contributed by atoms with Gasteiger partial charge in [0.15, 0.2) is 0 Å². The molecule has 0 radical (unpaired) electrons. The van der Waals surface area contributed by atoms with Crippen LogP contribution < -0.4 is 4.67 Å². The minimum Gasteiger partial charge on any atom is -0.408 e. The van der Waals surface area contributed by atoms with Crippen LogP contribution in [0.2, 0.25) is 0 Å². The summed E-state index contributed by atoms with van der Waals surface area (Å²) in [6.07, 6.45) is 9.35. The maximum absolute atomic E-state index is 7.44. The number of aryl methyl sites for hydroxylation is 4. The number of thioether (sulfide) groups is 1. The minimum absolute atomic E-state index is 0.0208. The molecule has 7 aromatic rings. The quantitative estimate of drug-likeness (QED) is 0.136. The Kier molecular flexibility index (Phi) is 10.3. The molecule has 0 saturated carbocycles. The molecule has 266 valence electrons. The smallest absolute Gasteiger partial charge is 0.310 e. The largest absolute Gasteiger partial charge is 0.408 e. The van der Waals surface area contributed by atoms with Crippen LogP contribution in [0, 0.1) is 0 Å². The van der Waals surface area contributed by atoms with E-state index in [1.54, 1.807) is 0 Å². The van der Waals surface area contributed by atoms with E-state index in [0.717, 1.165) is 41.3 Å². The van der Waals surface area contributed by atoms with Crippen molar-refractivity contribution in [3.63, 3.8) is 0 Å². The van der Waals surface area contributed by atoms with Crippen LogP contribution >= 0.6 is 35.9 Å². The zero-order chi connectivity index (χ0) is 35.6. The summed E-state index contributed by atoms with van der Waals surface area (Å²) < 4.78 is 18.5. The summed E-state index contributed by atoms with van der Waals surface area (Å²) >= 11 is 5.57. The Hall–Kier alpha value is -3.99. The number of nitrogens with zero attached hydrogens (tertiary/aromatic N) is 1. The van der Waals surface area contributed by atoms with E-state index in [2.05, 4.69) is 160 Å². The van der Waals surface area contributed by atoms with Crippen molar-refractivity contribution in [3.05, 3.63) is 183 Å². The predicted octanol–water partition coefficient (Wildman–Crippen LogP) is 14.2. The number of hydrogen-bond donors (Lipinski definition) is 0. The lowest BCUT2D eigenvalue weighted by Crippen LogP contribution is -2.29. The molecule has 0 spiro atoms. The van der Waals surface area contributed by atoms with Crippen LogP contribution in [0.1, 0.15) is 75.9 Å². The van der Waals surface area contributed by atoms with Crippen LogP contribution in [0.15, 0.2) is 157 Å². The van der Waals surface area contributed by atoms with Gasteiger partial charge in [-0.05, 0) is 127 Å². The number of halogens is 1. The van der Waals surface area contributed by atoms with Crippen LogP contribution in [0.4, 0.5) is 0 Å². The molecule has 1 aromatic heterocycles. The normalized spacial score (nSPS) is 15.2. The molecule has 0 N–H and O–H groups in total. The Morgan fingerprint density at radius 1 is 0.566 bits per heavy atom. The van der Waals surface area contributed by atoms with E-state index < -0.39 is 8.16 Å². The summed E-state index contributed by atoms with van der Waals surface area (Å²) in [4.78, 5) is 1.21. The average molecular weight is 797 g/mol. The molecule has 3 nitrogen and oxygen atoms in total. The van der Waals surface area contributed by atoms with E-state index in [1.165, 1.54) is 80.3 Å². The van der Waals surface area contributed by atoms with Gasteiger partial charge in [0.05, 0.1) is 11.3 Å². The molecule has 9 rings (SSSR count). The van der Waals surface area contributed by atoms with Gasteiger partial charge in [0.1, 0.15) is 11.2 Å². The molecule has 0 bridgehead atoms. The highest BCUT2D eigenvalue weighted by Crippen LogP contribution is 2.53. The summed E-state index contributed by atoms with van der Waals surface area (Å²) in [5.41, 5.74) is 11.5. The molecule has 0 aliphatic heterocycles. The summed E-state index contributed by atoms with van der Waals surface area (Å²) in [5.74, 6) is 0. The molecule has 6 aromatic carbocycles. The van der Waals surface area contributed by atoms with Gasteiger partial charge >= 0.3 is 8.16 Å². The van der Waals surface area contributed by atoms with Crippen LogP contribution in [0.5, 0.6) is 0 Å². The van der Waals surface area contributed by atoms with Gasteiger partial charge in [-0.15, -0.1) is 11.8 Å². The van der Waals surface area contributed by atoms with Crippen LogP contribution in [0.3, 0.4) is 0 Å². The SMILES string of the molecule is Brc1ccc(S[C@H](c2ccccc2)[C@H](c2ccccc2)N(Cc2ccccc2)p2oc3ccc4c(c3c3c5c(ccc3o2)CCCC5)CCCC4)cc1. The molecule has 0 unspecified atom stereocenters. The van der Waals surface area contributed by atoms with Crippen LogP contribution in [0.25, 0.3) is 21.9 Å². The predicted molar refractivity (Wildman–Crippen MR) is 226 cm³/mol. The lowest BCUT2D eigenvalue weighted by atomic mass is 9.84. The number of hydrogen-bond acceptors (Lipinski definition) is 4. The van der Waals surface area contributed by atoms with Crippen molar-refractivity contribution in [3.8, 4) is 0 Å². The first-order valence-electron chi connectivity index (χ1n) is 19.0. The summed E-state index contributed by atoms with van der Waals surface area (Å²) in [6.45, 7) is 0.664. The fourth-order valence-electron chi connectivity index (χ4n) is 8.40. The van der Waals surface area contributed by atoms with Gasteiger partial charge in [-0.2, -0.15) is 4.67 Å². The summed E-state index contributed by atoms with van der Waals surface area (Å²) in [5, 5.41) is 2.61. The topological polar surface area (TPSA) is 29.5 Å². The second-order valence-corrected chi connectivity index (χ2v) is 17.8. The van der Waals surface area contributed by atoms with Crippen molar-refractivity contribution in [2.45, 2.75) is 74.1 Å². The molecule has 53 heavy (non-hydrogen) atoms. The first kappa shape index (κ1) is 34.8. The first-order chi connectivity index (χ1) is 26.2. The van der Waals surface area contributed by atoms with Crippen molar-refractivity contribution >= 4 is 57.8 Å². The molecule has 0 fully saturated rings. The molecular formula is C47H43BrNO2PS. The molecule has 2 aliphatic rings. The fourth-order valence-corrected chi connectivity index (χ4v) is 11.7. The second-order valence-electron chi connectivity index (χ2n) is 14.3. The number of rotatable bonds is 9. The van der Waals surface area contributed by atoms with Gasteiger partial charge in [0, 0.05) is 26.7 Å². The highest BCUT2D eigenvalue weighted by atomic mass is 79.9. The Bertz CT molecular complexity index is 2300. The van der Waals surface area contributed by atoms with E-state index in [0.29, 0.717) is 6.54 Å². The maximum atomic E-state index is 7.44. The van der Waals surface area contributed by atoms with Crippen molar-refractivity contribution in [1.29, 1.82) is 0 Å². The van der Waals surface area contributed by atoms with E-state index in [1.807, 2.05) is 11.8 Å². The van der Waals surface area contributed by atoms with Crippen LogP contribution in [-0.2, 0) is 32.2 Å². The molecule has 1 heterocycles. The summed E-state index contributed by atoms with van der Waals surface area (Å²) in [6, 6.07) is 50.7. The molecule has 2 aliphatic carbocycles.